The van der Waals surface area contributed by atoms with Crippen LogP contribution in [0, 0.1) is 17.6 Å². The molecule has 3 heterocycles. The van der Waals surface area contributed by atoms with Gasteiger partial charge in [-0.25, -0.2) is 22.4 Å². The predicted octanol–water partition coefficient (Wildman–Crippen LogP) is 5.46. The maximum Gasteiger partial charge on any atom is 0.410 e. The van der Waals surface area contributed by atoms with Gasteiger partial charge in [0.1, 0.15) is 23.8 Å². The minimum absolute atomic E-state index is 0.0569. The van der Waals surface area contributed by atoms with E-state index in [2.05, 4.69) is 4.98 Å². The SMILES string of the molecule is C[C@H]1Cc2c([nH]c3ccccc23)[C@@H](c2c(F)cc(C(=O)C3CN(C(=O)OC(C)(C)C)C3)cc2F)N1CC(F)(F)CO. The second-order valence-corrected chi connectivity index (χ2v) is 12.0. The van der Waals surface area contributed by atoms with E-state index in [1.165, 1.54) is 9.80 Å². The van der Waals surface area contributed by atoms with Gasteiger partial charge in [-0.15, -0.1) is 0 Å². The molecular weight excluding hydrogens is 542 g/mol. The summed E-state index contributed by atoms with van der Waals surface area (Å²) >= 11 is 0. The van der Waals surface area contributed by atoms with Gasteiger partial charge in [0.15, 0.2) is 5.78 Å². The zero-order chi connectivity index (χ0) is 29.9. The fourth-order valence-corrected chi connectivity index (χ4v) is 5.72. The number of halogens is 4. The number of likely N-dealkylation sites (tertiary alicyclic amines) is 1. The van der Waals surface area contributed by atoms with Crippen molar-refractivity contribution in [2.75, 3.05) is 26.2 Å². The number of ether oxygens (including phenoxy) is 1. The second-order valence-electron chi connectivity index (χ2n) is 12.0. The minimum Gasteiger partial charge on any atom is -0.444 e. The molecule has 0 bridgehead atoms. The van der Waals surface area contributed by atoms with E-state index in [1.54, 1.807) is 39.8 Å². The first-order chi connectivity index (χ1) is 19.2. The number of hydrogen-bond donors (Lipinski definition) is 2. The molecular formula is C30H33F4N3O4. The molecule has 0 saturated carbocycles. The number of nitrogens with one attached hydrogen (secondary N) is 1. The number of alkyl halides is 2. The number of fused-ring (bicyclic) bond motifs is 3. The van der Waals surface area contributed by atoms with Crippen molar-refractivity contribution >= 4 is 22.8 Å². The van der Waals surface area contributed by atoms with E-state index in [9.17, 15) is 23.5 Å². The van der Waals surface area contributed by atoms with Gasteiger partial charge in [0.05, 0.1) is 18.5 Å². The highest BCUT2D eigenvalue weighted by Crippen LogP contribution is 2.43. The zero-order valence-electron chi connectivity index (χ0n) is 23.3. The van der Waals surface area contributed by atoms with Crippen molar-refractivity contribution < 1.29 is 37.0 Å². The Balaban J connectivity index is 1.48. The van der Waals surface area contributed by atoms with Crippen LogP contribution in [0.1, 0.15) is 60.9 Å². The molecule has 0 aliphatic carbocycles. The van der Waals surface area contributed by atoms with Crippen LogP contribution >= 0.6 is 0 Å². The van der Waals surface area contributed by atoms with Crippen molar-refractivity contribution in [1.82, 2.24) is 14.8 Å². The number of aliphatic hydroxyl groups excluding tert-OH is 1. The summed E-state index contributed by atoms with van der Waals surface area (Å²) in [6, 6.07) is 7.35. The first kappa shape index (κ1) is 29.1. The number of rotatable bonds is 6. The fraction of sp³-hybridized carbons (Fsp3) is 0.467. The molecule has 1 aromatic heterocycles. The van der Waals surface area contributed by atoms with Gasteiger partial charge in [0.25, 0.3) is 5.92 Å². The van der Waals surface area contributed by atoms with Crippen molar-refractivity contribution in [1.29, 1.82) is 0 Å². The number of aliphatic hydroxyl groups is 1. The van der Waals surface area contributed by atoms with Crippen molar-refractivity contribution in [3.05, 3.63) is 70.4 Å². The molecule has 1 saturated heterocycles. The normalized spacial score (nSPS) is 20.2. The molecule has 2 N–H and O–H groups in total. The van der Waals surface area contributed by atoms with Gasteiger partial charge in [0.2, 0.25) is 0 Å². The Morgan fingerprint density at radius 2 is 1.73 bits per heavy atom. The van der Waals surface area contributed by atoms with Gasteiger partial charge in [-0.05, 0) is 57.9 Å². The van der Waals surface area contributed by atoms with Crippen LogP contribution in [0.3, 0.4) is 0 Å². The molecule has 2 atom stereocenters. The van der Waals surface area contributed by atoms with Crippen molar-refractivity contribution in [2.24, 2.45) is 5.92 Å². The van der Waals surface area contributed by atoms with Crippen molar-refractivity contribution in [3.63, 3.8) is 0 Å². The lowest BCUT2D eigenvalue weighted by molar-refractivity contribution is -0.0869. The van der Waals surface area contributed by atoms with Crippen LogP contribution in [0.15, 0.2) is 36.4 Å². The third kappa shape index (κ3) is 5.57. The lowest BCUT2D eigenvalue weighted by atomic mass is 9.86. The van der Waals surface area contributed by atoms with Crippen LogP contribution in [0.2, 0.25) is 0 Å². The van der Waals surface area contributed by atoms with Crippen molar-refractivity contribution in [3.8, 4) is 0 Å². The maximum absolute atomic E-state index is 15.8. The van der Waals surface area contributed by atoms with Gasteiger partial charge in [-0.3, -0.25) is 9.69 Å². The summed E-state index contributed by atoms with van der Waals surface area (Å²) in [5.74, 6) is -6.78. The highest BCUT2D eigenvalue weighted by Gasteiger charge is 2.44. The van der Waals surface area contributed by atoms with Gasteiger partial charge in [0, 0.05) is 46.9 Å². The summed E-state index contributed by atoms with van der Waals surface area (Å²) in [6.45, 7) is 4.64. The summed E-state index contributed by atoms with van der Waals surface area (Å²) in [4.78, 5) is 31.1. The number of amides is 1. The average molecular weight is 576 g/mol. The topological polar surface area (TPSA) is 85.9 Å². The summed E-state index contributed by atoms with van der Waals surface area (Å²) in [6.07, 6.45) is -0.220. The van der Waals surface area contributed by atoms with Crippen molar-refractivity contribution in [2.45, 2.75) is 57.7 Å². The molecule has 2 aliphatic heterocycles. The Morgan fingerprint density at radius 1 is 1.10 bits per heavy atom. The van der Waals surface area contributed by atoms with Crippen LogP contribution in [-0.2, 0) is 11.2 Å². The molecule has 2 aliphatic rings. The first-order valence-electron chi connectivity index (χ1n) is 13.5. The molecule has 220 valence electrons. The fourth-order valence-electron chi connectivity index (χ4n) is 5.72. The monoisotopic (exact) mass is 575 g/mol. The van der Waals surface area contributed by atoms with E-state index < -0.39 is 71.8 Å². The Kier molecular flexibility index (Phi) is 7.40. The standard InChI is InChI=1S/C30H33F4N3O4/c1-16-9-20-19-7-5-6-8-23(19)35-25(20)26(37(16)14-30(33,34)15-38)24-21(31)10-17(11-22(24)32)27(39)18-12-36(13-18)28(40)41-29(2,3)4/h5-8,10-11,16,18,26,35,38H,9,12-15H2,1-4H3/t16-,26+/m0/s1. The van der Waals surface area contributed by atoms with Gasteiger partial charge in [-0.1, -0.05) is 18.2 Å². The summed E-state index contributed by atoms with van der Waals surface area (Å²) in [7, 11) is 0. The van der Waals surface area contributed by atoms with Gasteiger partial charge >= 0.3 is 6.09 Å². The second kappa shape index (κ2) is 10.4. The number of carbonyl (C=O) groups is 2. The van der Waals surface area contributed by atoms with E-state index in [4.69, 9.17) is 4.74 Å². The smallest absolute Gasteiger partial charge is 0.410 e. The summed E-state index contributed by atoms with van der Waals surface area (Å²) in [5, 5.41) is 10.1. The van der Waals surface area contributed by atoms with E-state index in [0.717, 1.165) is 23.1 Å². The number of carbonyl (C=O) groups excluding carboxylic acids is 2. The number of aromatic amines is 1. The van der Waals surface area contributed by atoms with Crippen LogP contribution in [0.4, 0.5) is 22.4 Å². The lowest BCUT2D eigenvalue weighted by Gasteiger charge is -2.42. The Hall–Kier alpha value is -3.44. The Bertz CT molecular complexity index is 1470. The number of nitrogens with zero attached hydrogens (tertiary/aromatic N) is 2. The van der Waals surface area contributed by atoms with Gasteiger partial charge < -0.3 is 19.7 Å². The quantitative estimate of drug-likeness (QED) is 0.301. The van der Waals surface area contributed by atoms with E-state index >= 15 is 8.78 Å². The molecule has 0 spiro atoms. The summed E-state index contributed by atoms with van der Waals surface area (Å²) in [5.41, 5.74) is 0.506. The zero-order valence-corrected chi connectivity index (χ0v) is 23.3. The minimum atomic E-state index is -3.51. The largest absolute Gasteiger partial charge is 0.444 e. The molecule has 1 fully saturated rings. The number of H-pyrrole nitrogens is 1. The van der Waals surface area contributed by atoms with Crippen LogP contribution in [0.5, 0.6) is 0 Å². The Morgan fingerprint density at radius 3 is 2.34 bits per heavy atom. The highest BCUT2D eigenvalue weighted by atomic mass is 19.3. The molecule has 0 unspecified atom stereocenters. The molecule has 3 aromatic rings. The van der Waals surface area contributed by atoms with E-state index in [-0.39, 0.29) is 18.7 Å². The molecule has 7 nitrogen and oxygen atoms in total. The summed E-state index contributed by atoms with van der Waals surface area (Å²) < 4.78 is 66.0. The highest BCUT2D eigenvalue weighted by molar-refractivity contribution is 5.99. The van der Waals surface area contributed by atoms with Crippen LogP contribution < -0.4 is 0 Å². The number of Topliss-reactive ketones (excluding diaryl/α,β-unsaturated/α-hetero) is 1. The molecule has 2 aromatic carbocycles. The van der Waals surface area contributed by atoms with E-state index in [1.807, 2.05) is 12.1 Å². The molecule has 11 heteroatoms. The number of hydrogen-bond acceptors (Lipinski definition) is 5. The third-order valence-corrected chi connectivity index (χ3v) is 7.70. The molecule has 5 rings (SSSR count). The van der Waals surface area contributed by atoms with Crippen LogP contribution in [-0.4, -0.2) is 75.6 Å². The third-order valence-electron chi connectivity index (χ3n) is 7.70. The molecule has 1 amide bonds. The lowest BCUT2D eigenvalue weighted by Crippen LogP contribution is -2.54. The first-order valence-corrected chi connectivity index (χ1v) is 13.5. The number of ketones is 1. The number of benzene rings is 2. The average Bonchev–Trinajstić information content (AvgIpc) is 3.21. The molecule has 0 radical (unpaired) electrons. The van der Waals surface area contributed by atoms with Gasteiger partial charge in [-0.2, -0.15) is 0 Å². The predicted molar refractivity (Wildman–Crippen MR) is 144 cm³/mol. The number of para-hydroxylation sites is 1. The Labute approximate surface area is 235 Å². The molecule has 41 heavy (non-hydrogen) atoms. The number of aromatic nitrogens is 1. The van der Waals surface area contributed by atoms with E-state index in [0.29, 0.717) is 17.6 Å². The van der Waals surface area contributed by atoms with Crippen LogP contribution in [0.25, 0.3) is 10.9 Å². The maximum atomic E-state index is 15.8.